The van der Waals surface area contributed by atoms with Gasteiger partial charge in [-0.15, -0.1) is 0 Å². The van der Waals surface area contributed by atoms with Gasteiger partial charge in [0.2, 0.25) is 11.8 Å². The summed E-state index contributed by atoms with van der Waals surface area (Å²) in [5.74, 6) is 0.565. The summed E-state index contributed by atoms with van der Waals surface area (Å²) >= 11 is 0. The Morgan fingerprint density at radius 3 is 2.47 bits per heavy atom. The standard InChI is InChI=1S/C24H33N5O3/c1-27-22-18(17-9-13-28(14-10-17)15-16-7-11-25-12-8-16)3-2-4-19(22)29(24(27)32)20-5-6-21(30)26-23(20)31/h2-4,16-17,20,25H,5-15H2,1H3,(H,26,30,31). The van der Waals surface area contributed by atoms with Gasteiger partial charge in [0.15, 0.2) is 0 Å². The minimum Gasteiger partial charge on any atom is -0.317 e. The van der Waals surface area contributed by atoms with Crippen LogP contribution < -0.4 is 16.3 Å². The van der Waals surface area contributed by atoms with Crippen LogP contribution in [0.4, 0.5) is 0 Å². The highest BCUT2D eigenvalue weighted by Crippen LogP contribution is 2.34. The summed E-state index contributed by atoms with van der Waals surface area (Å²) in [6.07, 6.45) is 5.34. The summed E-state index contributed by atoms with van der Waals surface area (Å²) in [5.41, 5.74) is 2.74. The van der Waals surface area contributed by atoms with Crippen molar-refractivity contribution in [3.8, 4) is 0 Å². The molecule has 2 aromatic rings. The predicted octanol–water partition coefficient (Wildman–Crippen LogP) is 1.50. The quantitative estimate of drug-likeness (QED) is 0.705. The SMILES string of the molecule is Cn1c(=O)n(C2CCC(=O)NC2=O)c2cccc(C3CCN(CC4CCNCC4)CC3)c21. The zero-order chi connectivity index (χ0) is 22.2. The van der Waals surface area contributed by atoms with Crippen LogP contribution in [0.3, 0.4) is 0 Å². The number of fused-ring (bicyclic) bond motifs is 1. The van der Waals surface area contributed by atoms with Gasteiger partial charge in [-0.1, -0.05) is 12.1 Å². The van der Waals surface area contributed by atoms with E-state index in [9.17, 15) is 14.4 Å². The number of hydrogen-bond acceptors (Lipinski definition) is 5. The fourth-order valence-electron chi connectivity index (χ4n) is 5.88. The van der Waals surface area contributed by atoms with Gasteiger partial charge < -0.3 is 10.2 Å². The number of likely N-dealkylation sites (tertiary alicyclic amines) is 1. The first-order chi connectivity index (χ1) is 15.5. The lowest BCUT2D eigenvalue weighted by Gasteiger charge is -2.35. The maximum absolute atomic E-state index is 13.2. The molecule has 3 aliphatic heterocycles. The van der Waals surface area contributed by atoms with E-state index in [1.165, 1.54) is 24.9 Å². The molecule has 0 aliphatic carbocycles. The Morgan fingerprint density at radius 1 is 1.00 bits per heavy atom. The number of aryl methyl sites for hydroxylation is 1. The second kappa shape index (κ2) is 8.83. The second-order valence-electron chi connectivity index (χ2n) is 9.66. The first kappa shape index (κ1) is 21.4. The van der Waals surface area contributed by atoms with Crippen LogP contribution in [-0.2, 0) is 16.6 Å². The molecule has 172 valence electrons. The Kier molecular flexibility index (Phi) is 5.90. The van der Waals surface area contributed by atoms with Gasteiger partial charge in [-0.2, -0.15) is 0 Å². The predicted molar refractivity (Wildman–Crippen MR) is 123 cm³/mol. The Labute approximate surface area is 187 Å². The molecular formula is C24H33N5O3. The van der Waals surface area contributed by atoms with Crippen LogP contribution in [0.1, 0.15) is 56.0 Å². The van der Waals surface area contributed by atoms with Gasteiger partial charge in [-0.05, 0) is 81.7 Å². The Balaban J connectivity index is 1.38. The summed E-state index contributed by atoms with van der Waals surface area (Å²) in [6.45, 7) is 5.66. The van der Waals surface area contributed by atoms with Gasteiger partial charge in [-0.25, -0.2) is 4.79 Å². The Hall–Kier alpha value is -2.45. The molecule has 2 N–H and O–H groups in total. The van der Waals surface area contributed by atoms with Gasteiger partial charge in [0.1, 0.15) is 6.04 Å². The van der Waals surface area contributed by atoms with Crippen LogP contribution >= 0.6 is 0 Å². The fraction of sp³-hybridized carbons (Fsp3) is 0.625. The molecule has 3 aliphatic rings. The van der Waals surface area contributed by atoms with Crippen molar-refractivity contribution < 1.29 is 9.59 Å². The number of carbonyl (C=O) groups is 2. The Morgan fingerprint density at radius 2 is 1.75 bits per heavy atom. The van der Waals surface area contributed by atoms with Crippen LogP contribution in [0, 0.1) is 5.92 Å². The molecule has 8 nitrogen and oxygen atoms in total. The van der Waals surface area contributed by atoms with Gasteiger partial charge in [0.25, 0.3) is 0 Å². The van der Waals surface area contributed by atoms with Gasteiger partial charge in [-0.3, -0.25) is 24.0 Å². The van der Waals surface area contributed by atoms with E-state index in [0.717, 1.165) is 56.0 Å². The Bertz CT molecular complexity index is 1070. The molecule has 5 rings (SSSR count). The van der Waals surface area contributed by atoms with E-state index in [1.807, 2.05) is 12.1 Å². The normalized spacial score (nSPS) is 24.2. The molecule has 32 heavy (non-hydrogen) atoms. The molecule has 3 fully saturated rings. The summed E-state index contributed by atoms with van der Waals surface area (Å²) in [6, 6.07) is 5.44. The minimum absolute atomic E-state index is 0.190. The lowest BCUT2D eigenvalue weighted by molar-refractivity contribution is -0.135. The number of para-hydroxylation sites is 1. The van der Waals surface area contributed by atoms with E-state index in [0.29, 0.717) is 12.3 Å². The third-order valence-electron chi connectivity index (χ3n) is 7.66. The summed E-state index contributed by atoms with van der Waals surface area (Å²) in [4.78, 5) is 39.9. The largest absolute Gasteiger partial charge is 0.329 e. The smallest absolute Gasteiger partial charge is 0.317 e. The number of piperidine rings is 3. The van der Waals surface area contributed by atoms with Crippen LogP contribution in [-0.4, -0.2) is 58.6 Å². The number of imide groups is 1. The number of nitrogens with one attached hydrogen (secondary N) is 2. The number of imidazole rings is 1. The average Bonchev–Trinajstić information content (AvgIpc) is 3.06. The highest BCUT2D eigenvalue weighted by molar-refractivity contribution is 6.00. The third-order valence-corrected chi connectivity index (χ3v) is 7.66. The molecule has 0 bridgehead atoms. The molecule has 4 heterocycles. The van der Waals surface area contributed by atoms with Crippen molar-refractivity contribution in [1.29, 1.82) is 0 Å². The molecule has 1 aromatic carbocycles. The van der Waals surface area contributed by atoms with E-state index in [-0.39, 0.29) is 23.9 Å². The fourth-order valence-corrected chi connectivity index (χ4v) is 5.88. The first-order valence-electron chi connectivity index (χ1n) is 12.0. The van der Waals surface area contributed by atoms with E-state index >= 15 is 0 Å². The lowest BCUT2D eigenvalue weighted by Crippen LogP contribution is -2.44. The average molecular weight is 440 g/mol. The molecule has 0 radical (unpaired) electrons. The highest BCUT2D eigenvalue weighted by Gasteiger charge is 2.32. The van der Waals surface area contributed by atoms with Crippen molar-refractivity contribution in [1.82, 2.24) is 24.7 Å². The molecule has 1 aromatic heterocycles. The zero-order valence-corrected chi connectivity index (χ0v) is 18.8. The van der Waals surface area contributed by atoms with Crippen molar-refractivity contribution >= 4 is 22.8 Å². The van der Waals surface area contributed by atoms with Crippen molar-refractivity contribution in [2.24, 2.45) is 13.0 Å². The topological polar surface area (TPSA) is 88.4 Å². The highest BCUT2D eigenvalue weighted by atomic mass is 16.2. The van der Waals surface area contributed by atoms with Crippen LogP contribution in [0.25, 0.3) is 11.0 Å². The van der Waals surface area contributed by atoms with Crippen LogP contribution in [0.2, 0.25) is 0 Å². The molecule has 1 unspecified atom stereocenters. The molecule has 0 spiro atoms. The monoisotopic (exact) mass is 439 g/mol. The molecular weight excluding hydrogens is 406 g/mol. The van der Waals surface area contributed by atoms with Crippen molar-refractivity contribution in [2.75, 3.05) is 32.7 Å². The van der Waals surface area contributed by atoms with E-state index in [2.05, 4.69) is 21.6 Å². The first-order valence-corrected chi connectivity index (χ1v) is 12.0. The molecule has 3 saturated heterocycles. The molecule has 8 heteroatoms. The number of nitrogens with zero attached hydrogens (tertiary/aromatic N) is 3. The number of rotatable bonds is 4. The van der Waals surface area contributed by atoms with Crippen molar-refractivity contribution in [3.05, 3.63) is 34.2 Å². The van der Waals surface area contributed by atoms with E-state index < -0.39 is 6.04 Å². The lowest BCUT2D eigenvalue weighted by atomic mass is 9.87. The summed E-state index contributed by atoms with van der Waals surface area (Å²) in [5, 5.41) is 5.84. The summed E-state index contributed by atoms with van der Waals surface area (Å²) in [7, 11) is 1.79. The molecule has 1 atom stereocenters. The number of hydrogen-bond donors (Lipinski definition) is 2. The third kappa shape index (κ3) is 3.90. The van der Waals surface area contributed by atoms with Gasteiger partial charge in [0, 0.05) is 20.0 Å². The molecule has 0 saturated carbocycles. The van der Waals surface area contributed by atoms with Crippen LogP contribution in [0.5, 0.6) is 0 Å². The van der Waals surface area contributed by atoms with Crippen molar-refractivity contribution in [3.63, 3.8) is 0 Å². The maximum atomic E-state index is 13.2. The van der Waals surface area contributed by atoms with Crippen LogP contribution in [0.15, 0.2) is 23.0 Å². The molecule has 2 amide bonds. The number of benzene rings is 1. The van der Waals surface area contributed by atoms with E-state index in [4.69, 9.17) is 0 Å². The number of amides is 2. The van der Waals surface area contributed by atoms with Crippen molar-refractivity contribution in [2.45, 2.75) is 50.5 Å². The summed E-state index contributed by atoms with van der Waals surface area (Å²) < 4.78 is 3.28. The number of aromatic nitrogens is 2. The van der Waals surface area contributed by atoms with Gasteiger partial charge >= 0.3 is 5.69 Å². The zero-order valence-electron chi connectivity index (χ0n) is 18.8. The second-order valence-corrected chi connectivity index (χ2v) is 9.66. The maximum Gasteiger partial charge on any atom is 0.329 e. The van der Waals surface area contributed by atoms with Gasteiger partial charge in [0.05, 0.1) is 11.0 Å². The van der Waals surface area contributed by atoms with E-state index in [1.54, 1.807) is 16.2 Å². The minimum atomic E-state index is -0.633. The number of carbonyl (C=O) groups excluding carboxylic acids is 2.